The second kappa shape index (κ2) is 9.09. The summed E-state index contributed by atoms with van der Waals surface area (Å²) in [6.07, 6.45) is 0. The third-order valence-corrected chi connectivity index (χ3v) is 5.77. The molecule has 0 atom stereocenters. The third kappa shape index (κ3) is 4.36. The van der Waals surface area contributed by atoms with Gasteiger partial charge in [-0.1, -0.05) is 6.07 Å². The minimum absolute atomic E-state index is 0.114. The van der Waals surface area contributed by atoms with Crippen LogP contribution in [0.1, 0.15) is 22.2 Å². The first-order valence-electron chi connectivity index (χ1n) is 9.75. The van der Waals surface area contributed by atoms with Gasteiger partial charge in [-0.15, -0.1) is 11.3 Å². The monoisotopic (exact) mass is 425 g/mol. The van der Waals surface area contributed by atoms with Gasteiger partial charge in [-0.3, -0.25) is 4.79 Å². The molecule has 1 aliphatic rings. The van der Waals surface area contributed by atoms with Gasteiger partial charge in [0.1, 0.15) is 13.2 Å². The summed E-state index contributed by atoms with van der Waals surface area (Å²) in [5, 5.41) is 2.96. The van der Waals surface area contributed by atoms with E-state index in [1.807, 2.05) is 55.5 Å². The molecule has 0 aliphatic carbocycles. The Labute approximate surface area is 179 Å². The molecule has 0 spiro atoms. The molecular formula is C23H23NO5S. The van der Waals surface area contributed by atoms with Crippen LogP contribution in [0.2, 0.25) is 0 Å². The average molecular weight is 426 g/mol. The van der Waals surface area contributed by atoms with Crippen molar-refractivity contribution in [3.05, 3.63) is 59.0 Å². The lowest BCUT2D eigenvalue weighted by molar-refractivity contribution is 0.0955. The van der Waals surface area contributed by atoms with Gasteiger partial charge in [0, 0.05) is 11.4 Å². The van der Waals surface area contributed by atoms with E-state index in [4.69, 9.17) is 18.9 Å². The molecule has 0 fully saturated rings. The second-order valence-corrected chi connectivity index (χ2v) is 7.71. The molecule has 156 valence electrons. The van der Waals surface area contributed by atoms with Crippen molar-refractivity contribution in [3.63, 3.8) is 0 Å². The lowest BCUT2D eigenvalue weighted by Crippen LogP contribution is -2.21. The van der Waals surface area contributed by atoms with E-state index in [9.17, 15) is 4.79 Å². The van der Waals surface area contributed by atoms with Gasteiger partial charge >= 0.3 is 0 Å². The van der Waals surface area contributed by atoms with Crippen LogP contribution in [0.25, 0.3) is 10.4 Å². The summed E-state index contributed by atoms with van der Waals surface area (Å²) in [6, 6.07) is 15.3. The van der Waals surface area contributed by atoms with Crippen LogP contribution in [0, 0.1) is 0 Å². The van der Waals surface area contributed by atoms with Gasteiger partial charge in [-0.05, 0) is 60.5 Å². The third-order valence-electron chi connectivity index (χ3n) is 4.64. The first-order chi connectivity index (χ1) is 14.7. The summed E-state index contributed by atoms with van der Waals surface area (Å²) < 4.78 is 22.1. The Morgan fingerprint density at radius 3 is 2.67 bits per heavy atom. The summed E-state index contributed by atoms with van der Waals surface area (Å²) in [7, 11) is 1.60. The number of hydrogen-bond acceptors (Lipinski definition) is 6. The Balaban J connectivity index is 1.42. The minimum atomic E-state index is -0.114. The molecule has 0 saturated heterocycles. The predicted molar refractivity (Wildman–Crippen MR) is 116 cm³/mol. The van der Waals surface area contributed by atoms with E-state index in [1.165, 1.54) is 11.3 Å². The molecule has 4 rings (SSSR count). The minimum Gasteiger partial charge on any atom is -0.493 e. The van der Waals surface area contributed by atoms with Crippen LogP contribution >= 0.6 is 11.3 Å². The zero-order chi connectivity index (χ0) is 20.9. The second-order valence-electron chi connectivity index (χ2n) is 6.62. The molecule has 0 bridgehead atoms. The maximum atomic E-state index is 12.6. The van der Waals surface area contributed by atoms with Crippen LogP contribution < -0.4 is 24.3 Å². The van der Waals surface area contributed by atoms with Crippen LogP contribution in [0.5, 0.6) is 23.0 Å². The Bertz CT molecular complexity index is 1050. The Kier molecular flexibility index (Phi) is 6.09. The first kappa shape index (κ1) is 20.1. The Hall–Kier alpha value is -3.19. The standard InChI is InChI=1S/C23H23NO5S/c1-3-27-17-6-4-15(12-19(17)26-2)14-24-23(25)22-9-8-21(30-22)16-5-7-18-20(13-16)29-11-10-28-18/h4-9,12-13H,3,10-11,14H2,1-2H3,(H,24,25). The number of nitrogens with one attached hydrogen (secondary N) is 1. The molecule has 3 aromatic rings. The highest BCUT2D eigenvalue weighted by Crippen LogP contribution is 2.37. The topological polar surface area (TPSA) is 66.0 Å². The van der Waals surface area contributed by atoms with Crippen molar-refractivity contribution >= 4 is 17.2 Å². The zero-order valence-electron chi connectivity index (χ0n) is 16.9. The van der Waals surface area contributed by atoms with Crippen LogP contribution in [-0.2, 0) is 6.54 Å². The van der Waals surface area contributed by atoms with Gasteiger partial charge in [0.25, 0.3) is 5.91 Å². The zero-order valence-corrected chi connectivity index (χ0v) is 17.7. The largest absolute Gasteiger partial charge is 0.493 e. The molecule has 2 aromatic carbocycles. The number of amides is 1. The molecule has 6 nitrogen and oxygen atoms in total. The number of fused-ring (bicyclic) bond motifs is 1. The fraction of sp³-hybridized carbons (Fsp3) is 0.261. The number of rotatable bonds is 7. The van der Waals surface area contributed by atoms with Crippen LogP contribution in [-0.4, -0.2) is 32.8 Å². The highest BCUT2D eigenvalue weighted by atomic mass is 32.1. The van der Waals surface area contributed by atoms with Gasteiger partial charge in [0.15, 0.2) is 23.0 Å². The fourth-order valence-corrected chi connectivity index (χ4v) is 4.10. The van der Waals surface area contributed by atoms with Crippen molar-refractivity contribution < 1.29 is 23.7 Å². The Morgan fingerprint density at radius 2 is 1.87 bits per heavy atom. The number of benzene rings is 2. The molecule has 0 unspecified atom stereocenters. The summed E-state index contributed by atoms with van der Waals surface area (Å²) in [5.41, 5.74) is 1.94. The van der Waals surface area contributed by atoms with Crippen molar-refractivity contribution in [1.82, 2.24) is 5.32 Å². The van der Waals surface area contributed by atoms with E-state index in [-0.39, 0.29) is 5.91 Å². The SMILES string of the molecule is CCOc1ccc(CNC(=O)c2ccc(-c3ccc4c(c3)OCCO4)s2)cc1OC. The lowest BCUT2D eigenvalue weighted by Gasteiger charge is -2.18. The van der Waals surface area contributed by atoms with Gasteiger partial charge in [-0.25, -0.2) is 0 Å². The number of thiophene rings is 1. The van der Waals surface area contributed by atoms with Gasteiger partial charge in [0.05, 0.1) is 18.6 Å². The molecular weight excluding hydrogens is 402 g/mol. The summed E-state index contributed by atoms with van der Waals surface area (Å²) >= 11 is 1.44. The van der Waals surface area contributed by atoms with Crippen molar-refractivity contribution in [3.8, 4) is 33.4 Å². The van der Waals surface area contributed by atoms with Crippen molar-refractivity contribution in [2.24, 2.45) is 0 Å². The average Bonchev–Trinajstić information content (AvgIpc) is 3.28. The maximum absolute atomic E-state index is 12.6. The van der Waals surface area contributed by atoms with Crippen LogP contribution in [0.3, 0.4) is 0 Å². The lowest BCUT2D eigenvalue weighted by atomic mass is 10.1. The maximum Gasteiger partial charge on any atom is 0.261 e. The summed E-state index contributed by atoms with van der Waals surface area (Å²) in [6.45, 7) is 4.00. The molecule has 1 aromatic heterocycles. The number of ether oxygens (including phenoxy) is 4. The van der Waals surface area contributed by atoms with E-state index in [0.29, 0.717) is 42.7 Å². The van der Waals surface area contributed by atoms with E-state index in [0.717, 1.165) is 27.5 Å². The molecule has 30 heavy (non-hydrogen) atoms. The molecule has 1 aliphatic heterocycles. The molecule has 7 heteroatoms. The summed E-state index contributed by atoms with van der Waals surface area (Å²) in [4.78, 5) is 14.3. The van der Waals surface area contributed by atoms with E-state index >= 15 is 0 Å². The number of carbonyl (C=O) groups excluding carboxylic acids is 1. The Morgan fingerprint density at radius 1 is 1.03 bits per heavy atom. The van der Waals surface area contributed by atoms with E-state index in [1.54, 1.807) is 7.11 Å². The number of methoxy groups -OCH3 is 1. The quantitative estimate of drug-likeness (QED) is 0.603. The van der Waals surface area contributed by atoms with Crippen LogP contribution in [0.15, 0.2) is 48.5 Å². The van der Waals surface area contributed by atoms with Crippen molar-refractivity contribution in [2.45, 2.75) is 13.5 Å². The molecule has 1 amide bonds. The van der Waals surface area contributed by atoms with Gasteiger partial charge in [-0.2, -0.15) is 0 Å². The van der Waals surface area contributed by atoms with Crippen molar-refractivity contribution in [2.75, 3.05) is 26.9 Å². The van der Waals surface area contributed by atoms with Gasteiger partial charge < -0.3 is 24.3 Å². The highest BCUT2D eigenvalue weighted by Gasteiger charge is 2.15. The molecule has 0 radical (unpaired) electrons. The predicted octanol–water partition coefficient (Wildman–Crippen LogP) is 4.52. The molecule has 0 saturated carbocycles. The molecule has 2 heterocycles. The molecule has 1 N–H and O–H groups in total. The van der Waals surface area contributed by atoms with Crippen LogP contribution in [0.4, 0.5) is 0 Å². The summed E-state index contributed by atoms with van der Waals surface area (Å²) in [5.74, 6) is 2.72. The van der Waals surface area contributed by atoms with E-state index < -0.39 is 0 Å². The fourth-order valence-electron chi connectivity index (χ4n) is 3.18. The highest BCUT2D eigenvalue weighted by molar-refractivity contribution is 7.17. The number of carbonyl (C=O) groups is 1. The smallest absolute Gasteiger partial charge is 0.261 e. The number of hydrogen-bond donors (Lipinski definition) is 1. The van der Waals surface area contributed by atoms with Crippen molar-refractivity contribution in [1.29, 1.82) is 0 Å². The first-order valence-corrected chi connectivity index (χ1v) is 10.6. The van der Waals surface area contributed by atoms with Gasteiger partial charge in [0.2, 0.25) is 0 Å². The normalized spacial score (nSPS) is 12.3. The van der Waals surface area contributed by atoms with E-state index in [2.05, 4.69) is 5.32 Å².